The summed E-state index contributed by atoms with van der Waals surface area (Å²) in [6, 6.07) is -2.25. The molecule has 0 aromatic carbocycles. The van der Waals surface area contributed by atoms with Gasteiger partial charge in [-0.15, -0.1) is 9.59 Å². The fourth-order valence-electron chi connectivity index (χ4n) is 2.30. The van der Waals surface area contributed by atoms with Crippen molar-refractivity contribution < 1.29 is 24.7 Å². The summed E-state index contributed by atoms with van der Waals surface area (Å²) in [5.74, 6) is -1.44. The summed E-state index contributed by atoms with van der Waals surface area (Å²) >= 11 is 1.28. The summed E-state index contributed by atoms with van der Waals surface area (Å²) in [4.78, 5) is 36.9. The van der Waals surface area contributed by atoms with Gasteiger partial charge < -0.3 is 10.4 Å². The molecule has 1 aliphatic rings. The van der Waals surface area contributed by atoms with Crippen LogP contribution in [-0.4, -0.2) is 61.4 Å². The summed E-state index contributed by atoms with van der Waals surface area (Å²) in [7, 11) is 0. The van der Waals surface area contributed by atoms with Gasteiger partial charge in [0, 0.05) is 18.2 Å². The first kappa shape index (κ1) is 24.2. The molecule has 28 heavy (non-hydrogen) atoms. The molecule has 4 amide bonds. The number of aliphatic hydroxyl groups excluding tert-OH is 1. The van der Waals surface area contributed by atoms with Gasteiger partial charge in [0.2, 0.25) is 0 Å². The summed E-state index contributed by atoms with van der Waals surface area (Å²) in [5.41, 5.74) is 1.83. The van der Waals surface area contributed by atoms with Crippen molar-refractivity contribution in [2.45, 2.75) is 71.8 Å². The highest BCUT2D eigenvalue weighted by atomic mass is 32.2. The van der Waals surface area contributed by atoms with E-state index >= 15 is 0 Å². The van der Waals surface area contributed by atoms with Crippen molar-refractivity contribution in [2.24, 2.45) is 16.4 Å². The van der Waals surface area contributed by atoms with Gasteiger partial charge in [0.25, 0.3) is 11.8 Å². The third-order valence-electron chi connectivity index (χ3n) is 3.95. The number of hydrazine groups is 1. The van der Waals surface area contributed by atoms with Crippen LogP contribution in [0.1, 0.15) is 54.4 Å². The van der Waals surface area contributed by atoms with Gasteiger partial charge in [-0.05, 0) is 31.1 Å². The standard InChI is InChI=1S/C17H31N5O5S/c1-10(2)7-8-12(23)15(25)21(27)16(26)19-13(17(4,5)6)14(24)20-22-18-9-11(3)28-22/h9-13,23,27H,7-8H2,1-6H3,(H,19,26)(H,20,24)/t11?,12-,13?/m0/s1. The summed E-state index contributed by atoms with van der Waals surface area (Å²) in [6.45, 7) is 10.9. The number of hydrogen-bond donors (Lipinski definition) is 4. The van der Waals surface area contributed by atoms with Gasteiger partial charge in [-0.2, -0.15) is 5.10 Å². The highest BCUT2D eigenvalue weighted by Crippen LogP contribution is 2.23. The number of nitrogens with zero attached hydrogens (tertiary/aromatic N) is 3. The largest absolute Gasteiger partial charge is 0.383 e. The van der Waals surface area contributed by atoms with E-state index in [9.17, 15) is 24.7 Å². The number of rotatable bonds is 7. The number of hydroxylamine groups is 2. The lowest BCUT2D eigenvalue weighted by atomic mass is 9.86. The van der Waals surface area contributed by atoms with E-state index in [4.69, 9.17) is 0 Å². The van der Waals surface area contributed by atoms with Gasteiger partial charge in [-0.1, -0.05) is 34.6 Å². The van der Waals surface area contributed by atoms with E-state index in [1.54, 1.807) is 27.0 Å². The number of amides is 4. The molecular weight excluding hydrogens is 386 g/mol. The number of hydrazone groups is 1. The van der Waals surface area contributed by atoms with E-state index in [1.807, 2.05) is 20.8 Å². The highest BCUT2D eigenvalue weighted by Gasteiger charge is 2.37. The molecule has 4 N–H and O–H groups in total. The van der Waals surface area contributed by atoms with Crippen LogP contribution in [0, 0.1) is 11.3 Å². The lowest BCUT2D eigenvalue weighted by Crippen LogP contribution is -2.58. The van der Waals surface area contributed by atoms with Crippen LogP contribution in [0.25, 0.3) is 0 Å². The maximum Gasteiger partial charge on any atom is 0.349 e. The van der Waals surface area contributed by atoms with E-state index in [-0.39, 0.29) is 22.7 Å². The molecule has 0 aromatic heterocycles. The third kappa shape index (κ3) is 7.28. The van der Waals surface area contributed by atoms with E-state index in [2.05, 4.69) is 15.8 Å². The first-order chi connectivity index (χ1) is 12.8. The van der Waals surface area contributed by atoms with Crippen LogP contribution in [0.2, 0.25) is 0 Å². The average molecular weight is 418 g/mol. The SMILES string of the molecule is CC(C)CC[C@H](O)C(=O)N(O)C(=O)NC(C(=O)NN1N=CC(C)S1)C(C)(C)C. The Bertz CT molecular complexity index is 607. The molecule has 0 aliphatic carbocycles. The van der Waals surface area contributed by atoms with Gasteiger partial charge in [0.05, 0.1) is 5.25 Å². The Labute approximate surface area is 169 Å². The summed E-state index contributed by atoms with van der Waals surface area (Å²) in [5, 5.41) is 26.0. The number of carbonyl (C=O) groups is 3. The fraction of sp³-hybridized carbons (Fsp3) is 0.765. The minimum Gasteiger partial charge on any atom is -0.383 e. The zero-order valence-corrected chi connectivity index (χ0v) is 18.0. The second kappa shape index (κ2) is 10.1. The van der Waals surface area contributed by atoms with Gasteiger partial charge in [0.15, 0.2) is 0 Å². The molecule has 160 valence electrons. The molecule has 2 unspecified atom stereocenters. The second-order valence-corrected chi connectivity index (χ2v) is 9.51. The first-order valence-electron chi connectivity index (χ1n) is 9.15. The van der Waals surface area contributed by atoms with Crippen molar-refractivity contribution in [3.05, 3.63) is 0 Å². The minimum absolute atomic E-state index is 0.0980. The van der Waals surface area contributed by atoms with Crippen molar-refractivity contribution in [2.75, 3.05) is 0 Å². The van der Waals surface area contributed by atoms with E-state index < -0.39 is 35.4 Å². The zero-order chi connectivity index (χ0) is 21.6. The number of hydrogen-bond acceptors (Lipinski definition) is 8. The number of urea groups is 1. The maximum absolute atomic E-state index is 12.6. The predicted octanol–water partition coefficient (Wildman–Crippen LogP) is 1.49. The van der Waals surface area contributed by atoms with E-state index in [1.165, 1.54) is 16.5 Å². The van der Waals surface area contributed by atoms with Crippen LogP contribution in [0.3, 0.4) is 0 Å². The lowest BCUT2D eigenvalue weighted by molar-refractivity contribution is -0.163. The molecule has 0 radical (unpaired) electrons. The molecule has 0 fully saturated rings. The Morgan fingerprint density at radius 1 is 1.29 bits per heavy atom. The van der Waals surface area contributed by atoms with Gasteiger partial charge in [-0.3, -0.25) is 14.8 Å². The van der Waals surface area contributed by atoms with Gasteiger partial charge >= 0.3 is 6.03 Å². The van der Waals surface area contributed by atoms with Crippen LogP contribution >= 0.6 is 11.9 Å². The zero-order valence-electron chi connectivity index (χ0n) is 17.2. The average Bonchev–Trinajstić information content (AvgIpc) is 2.99. The molecule has 3 atom stereocenters. The molecule has 1 rings (SSSR count). The molecule has 0 bridgehead atoms. The maximum atomic E-state index is 12.6. The van der Waals surface area contributed by atoms with Crippen LogP contribution < -0.4 is 10.7 Å². The minimum atomic E-state index is -1.50. The summed E-state index contributed by atoms with van der Waals surface area (Å²) in [6.07, 6.45) is 0.827. The quantitative estimate of drug-likeness (QED) is 0.280. The van der Waals surface area contributed by atoms with Gasteiger partial charge in [0.1, 0.15) is 12.1 Å². The molecule has 0 spiro atoms. The van der Waals surface area contributed by atoms with Crippen molar-refractivity contribution in [1.82, 2.24) is 20.3 Å². The smallest absolute Gasteiger partial charge is 0.349 e. The highest BCUT2D eigenvalue weighted by molar-refractivity contribution is 7.98. The normalized spacial score (nSPS) is 18.8. The summed E-state index contributed by atoms with van der Waals surface area (Å²) < 4.78 is 1.29. The molecule has 11 heteroatoms. The molecule has 1 heterocycles. The Morgan fingerprint density at radius 2 is 1.89 bits per heavy atom. The molecule has 0 saturated carbocycles. The Balaban J connectivity index is 2.74. The number of aliphatic hydroxyl groups is 1. The van der Waals surface area contributed by atoms with Crippen molar-refractivity contribution in [3.8, 4) is 0 Å². The van der Waals surface area contributed by atoms with Crippen LogP contribution in [-0.2, 0) is 9.59 Å². The molecule has 1 aliphatic heterocycles. The Hall–Kier alpha value is -1.85. The van der Waals surface area contributed by atoms with Crippen LogP contribution in [0.5, 0.6) is 0 Å². The van der Waals surface area contributed by atoms with Crippen molar-refractivity contribution in [1.29, 1.82) is 0 Å². The van der Waals surface area contributed by atoms with Crippen molar-refractivity contribution in [3.63, 3.8) is 0 Å². The van der Waals surface area contributed by atoms with Crippen LogP contribution in [0.15, 0.2) is 5.10 Å². The van der Waals surface area contributed by atoms with E-state index in [0.717, 1.165) is 0 Å². The topological polar surface area (TPSA) is 135 Å². The Kier molecular flexibility index (Phi) is 8.71. The first-order valence-corrected chi connectivity index (χ1v) is 9.99. The molecular formula is C17H31N5O5S. The molecule has 0 saturated heterocycles. The monoisotopic (exact) mass is 417 g/mol. The predicted molar refractivity (Wildman–Crippen MR) is 106 cm³/mol. The van der Waals surface area contributed by atoms with Crippen LogP contribution in [0.4, 0.5) is 4.79 Å². The van der Waals surface area contributed by atoms with Crippen molar-refractivity contribution >= 4 is 36.0 Å². The third-order valence-corrected chi connectivity index (χ3v) is 4.79. The molecule has 0 aromatic rings. The molecule has 10 nitrogen and oxygen atoms in total. The number of carbonyl (C=O) groups excluding carboxylic acids is 3. The Morgan fingerprint density at radius 3 is 2.36 bits per heavy atom. The second-order valence-electron chi connectivity index (χ2n) is 8.21. The lowest BCUT2D eigenvalue weighted by Gasteiger charge is -2.32. The fourth-order valence-corrected chi connectivity index (χ4v) is 2.97. The number of imide groups is 1. The van der Waals surface area contributed by atoms with Gasteiger partial charge in [-0.25, -0.2) is 10.2 Å². The number of nitrogens with one attached hydrogen (secondary N) is 2. The van der Waals surface area contributed by atoms with E-state index in [0.29, 0.717) is 6.42 Å².